The number of likely N-dealkylation sites (tertiary alicyclic amines) is 2. The summed E-state index contributed by atoms with van der Waals surface area (Å²) in [5.74, 6) is 0.525. The lowest BCUT2D eigenvalue weighted by Crippen LogP contribution is -2.57. The summed E-state index contributed by atoms with van der Waals surface area (Å²) in [5, 5.41) is 7.73. The number of hydrogen-bond donors (Lipinski definition) is 2. The first-order valence-corrected chi connectivity index (χ1v) is 16.1. The summed E-state index contributed by atoms with van der Waals surface area (Å²) in [4.78, 5) is 30.3. The molecular formula is C36H38N4O4. The van der Waals surface area contributed by atoms with Crippen LogP contribution in [0.2, 0.25) is 0 Å². The Bertz CT molecular complexity index is 1730. The van der Waals surface area contributed by atoms with Crippen LogP contribution < -0.4 is 10.6 Å². The van der Waals surface area contributed by atoms with E-state index in [9.17, 15) is 9.59 Å². The molecule has 44 heavy (non-hydrogen) atoms. The minimum atomic E-state index is -0.473. The van der Waals surface area contributed by atoms with Crippen molar-refractivity contribution in [1.82, 2.24) is 9.80 Å². The van der Waals surface area contributed by atoms with Crippen LogP contribution in [0, 0.1) is 5.92 Å². The minimum absolute atomic E-state index is 0.0788. The molecule has 4 heterocycles. The Morgan fingerprint density at radius 1 is 0.727 bits per heavy atom. The van der Waals surface area contributed by atoms with E-state index in [1.54, 1.807) is 0 Å². The van der Waals surface area contributed by atoms with E-state index in [1.165, 1.54) is 54.9 Å². The SMILES string of the molecule is COC(=O)N1CC[C@]2(c3cccc4c3N[C@@H]3N(C(=O)OC)CC[C@]43[C@@]34CCC[C@@H]3Cc3ccccc34)c3ccccc3NC12. The third kappa shape index (κ3) is 2.86. The maximum atomic E-state index is 13.4. The van der Waals surface area contributed by atoms with E-state index in [0.717, 1.165) is 37.1 Å². The van der Waals surface area contributed by atoms with Crippen molar-refractivity contribution in [3.63, 3.8) is 0 Å². The van der Waals surface area contributed by atoms with Gasteiger partial charge in [-0.05, 0) is 71.9 Å². The zero-order valence-corrected chi connectivity index (χ0v) is 25.3. The number of methoxy groups -OCH3 is 2. The first-order valence-electron chi connectivity index (χ1n) is 16.1. The van der Waals surface area contributed by atoms with Gasteiger partial charge in [0.15, 0.2) is 0 Å². The second kappa shape index (κ2) is 8.93. The summed E-state index contributed by atoms with van der Waals surface area (Å²) in [7, 11) is 2.94. The topological polar surface area (TPSA) is 83.1 Å². The molecule has 226 valence electrons. The van der Waals surface area contributed by atoms with Crippen molar-refractivity contribution in [2.45, 2.75) is 67.1 Å². The Hall–Kier alpha value is -4.20. The smallest absolute Gasteiger partial charge is 0.411 e. The molecule has 6 atom stereocenters. The second-order valence-corrected chi connectivity index (χ2v) is 13.6. The molecule has 2 amide bonds. The number of nitrogens with one attached hydrogen (secondary N) is 2. The van der Waals surface area contributed by atoms with Gasteiger partial charge in [0.05, 0.1) is 19.6 Å². The van der Waals surface area contributed by atoms with Crippen LogP contribution in [0.3, 0.4) is 0 Å². The predicted molar refractivity (Wildman–Crippen MR) is 167 cm³/mol. The van der Waals surface area contributed by atoms with Gasteiger partial charge in [-0.2, -0.15) is 0 Å². The molecule has 1 unspecified atom stereocenters. The summed E-state index contributed by atoms with van der Waals surface area (Å²) < 4.78 is 10.7. The zero-order chi connectivity index (χ0) is 29.8. The van der Waals surface area contributed by atoms with Crippen LogP contribution in [0.1, 0.15) is 59.9 Å². The largest absolute Gasteiger partial charge is 0.453 e. The third-order valence-corrected chi connectivity index (χ3v) is 12.5. The first-order chi connectivity index (χ1) is 21.5. The number of carbonyl (C=O) groups is 2. The standard InChI is InChI=1S/C36H38N4O4/c1-43-32(41)39-19-17-34(25-12-5-6-15-28(25)37-30(34)39)26-13-7-14-27-29(26)38-31-36(27,18-20-40(31)33(42)44-2)35-16-8-10-23(35)21-22-9-3-4-11-24(22)35/h3-7,9,11-15,23,30-31,37-38H,8,10,16-21H2,1-2H3/t23-,30?,31-,34-,35+,36+/m1/s1. The molecule has 0 spiro atoms. The van der Waals surface area contributed by atoms with E-state index < -0.39 is 5.41 Å². The highest BCUT2D eigenvalue weighted by Gasteiger charge is 2.71. The van der Waals surface area contributed by atoms with Crippen LogP contribution in [-0.2, 0) is 32.1 Å². The fraction of sp³-hybridized carbons (Fsp3) is 0.444. The van der Waals surface area contributed by atoms with Crippen molar-refractivity contribution < 1.29 is 19.1 Å². The number of rotatable bonds is 2. The van der Waals surface area contributed by atoms with Gasteiger partial charge >= 0.3 is 12.2 Å². The summed E-state index contributed by atoms with van der Waals surface area (Å²) in [6.07, 6.45) is 5.13. The molecule has 8 nitrogen and oxygen atoms in total. The maximum absolute atomic E-state index is 13.4. The van der Waals surface area contributed by atoms with Crippen molar-refractivity contribution >= 4 is 23.6 Å². The third-order valence-electron chi connectivity index (χ3n) is 12.5. The van der Waals surface area contributed by atoms with E-state index >= 15 is 0 Å². The molecule has 2 aliphatic carbocycles. The van der Waals surface area contributed by atoms with Gasteiger partial charge in [0.2, 0.25) is 0 Å². The van der Waals surface area contributed by atoms with Crippen LogP contribution in [0.15, 0.2) is 66.7 Å². The average Bonchev–Trinajstić information content (AvgIpc) is 3.87. The molecular weight excluding hydrogens is 552 g/mol. The van der Waals surface area contributed by atoms with Gasteiger partial charge in [-0.25, -0.2) is 9.59 Å². The summed E-state index contributed by atoms with van der Waals surface area (Å²) in [5.41, 5.74) is 7.93. The lowest BCUT2D eigenvalue weighted by Gasteiger charge is -2.49. The predicted octanol–water partition coefficient (Wildman–Crippen LogP) is 5.95. The Kier molecular flexibility index (Phi) is 5.32. The average molecular weight is 591 g/mol. The van der Waals surface area contributed by atoms with Crippen LogP contribution in [-0.4, -0.2) is 61.6 Å². The van der Waals surface area contributed by atoms with E-state index in [0.29, 0.717) is 19.0 Å². The molecule has 2 N–H and O–H groups in total. The quantitative estimate of drug-likeness (QED) is 0.384. The molecule has 9 rings (SSSR count). The molecule has 0 bridgehead atoms. The number of amides is 2. The fourth-order valence-electron chi connectivity index (χ4n) is 11.1. The van der Waals surface area contributed by atoms with E-state index in [1.807, 2.05) is 15.9 Å². The van der Waals surface area contributed by atoms with Crippen LogP contribution in [0.5, 0.6) is 0 Å². The van der Waals surface area contributed by atoms with Gasteiger partial charge in [0.25, 0.3) is 0 Å². The summed E-state index contributed by atoms with van der Waals surface area (Å²) >= 11 is 0. The molecule has 8 heteroatoms. The molecule has 3 aromatic rings. The van der Waals surface area contributed by atoms with Gasteiger partial charge < -0.3 is 20.1 Å². The molecule has 0 aromatic heterocycles. The lowest BCUT2D eigenvalue weighted by molar-refractivity contribution is 0.0993. The number of nitrogens with zero attached hydrogens (tertiary/aromatic N) is 2. The number of benzene rings is 3. The van der Waals surface area contributed by atoms with Gasteiger partial charge in [-0.15, -0.1) is 0 Å². The number of carbonyl (C=O) groups excluding carboxylic acids is 2. The number of para-hydroxylation sites is 2. The fourth-order valence-corrected chi connectivity index (χ4v) is 11.1. The van der Waals surface area contributed by atoms with Gasteiger partial charge in [-0.3, -0.25) is 9.80 Å². The lowest BCUT2D eigenvalue weighted by atomic mass is 9.53. The number of anilines is 2. The van der Waals surface area contributed by atoms with E-state index in [4.69, 9.17) is 9.47 Å². The Labute approximate surface area is 257 Å². The van der Waals surface area contributed by atoms with Crippen LogP contribution >= 0.6 is 0 Å². The van der Waals surface area contributed by atoms with Crippen molar-refractivity contribution in [2.24, 2.45) is 5.92 Å². The highest BCUT2D eigenvalue weighted by molar-refractivity contribution is 5.81. The normalized spacial score (nSPS) is 33.5. The van der Waals surface area contributed by atoms with Crippen molar-refractivity contribution in [3.8, 4) is 0 Å². The van der Waals surface area contributed by atoms with Gasteiger partial charge in [0, 0.05) is 35.3 Å². The Balaban J connectivity index is 1.30. The van der Waals surface area contributed by atoms with Crippen LogP contribution in [0.4, 0.5) is 21.0 Å². The highest BCUT2D eigenvalue weighted by Crippen LogP contribution is 2.70. The molecule has 1 saturated carbocycles. The molecule has 2 saturated heterocycles. The molecule has 4 aliphatic heterocycles. The van der Waals surface area contributed by atoms with Crippen LogP contribution in [0.25, 0.3) is 0 Å². The van der Waals surface area contributed by atoms with E-state index in [2.05, 4.69) is 71.3 Å². The molecule has 3 aromatic carbocycles. The molecule has 3 fully saturated rings. The highest BCUT2D eigenvalue weighted by atomic mass is 16.5. The number of hydrogen-bond acceptors (Lipinski definition) is 6. The van der Waals surface area contributed by atoms with Crippen molar-refractivity contribution in [2.75, 3.05) is 37.9 Å². The van der Waals surface area contributed by atoms with Crippen molar-refractivity contribution in [1.29, 1.82) is 0 Å². The summed E-state index contributed by atoms with van der Waals surface area (Å²) in [6.45, 7) is 1.24. The second-order valence-electron chi connectivity index (χ2n) is 13.6. The van der Waals surface area contributed by atoms with Crippen molar-refractivity contribution in [3.05, 3.63) is 94.5 Å². The van der Waals surface area contributed by atoms with Gasteiger partial charge in [-0.1, -0.05) is 67.1 Å². The number of fused-ring (bicyclic) bond motifs is 10. The molecule has 0 radical (unpaired) electrons. The monoisotopic (exact) mass is 590 g/mol. The molecule has 6 aliphatic rings. The number of ether oxygens (including phenoxy) is 2. The van der Waals surface area contributed by atoms with E-state index in [-0.39, 0.29) is 35.3 Å². The summed E-state index contributed by atoms with van der Waals surface area (Å²) in [6, 6.07) is 24.3. The maximum Gasteiger partial charge on any atom is 0.411 e. The zero-order valence-electron chi connectivity index (χ0n) is 25.3. The first kappa shape index (κ1) is 26.2. The Morgan fingerprint density at radius 3 is 2.23 bits per heavy atom. The Morgan fingerprint density at radius 2 is 1.41 bits per heavy atom. The minimum Gasteiger partial charge on any atom is -0.453 e. The van der Waals surface area contributed by atoms with Gasteiger partial charge in [0.1, 0.15) is 12.3 Å².